The maximum absolute atomic E-state index is 6.12. The van der Waals surface area contributed by atoms with Crippen LogP contribution in [0.15, 0.2) is 28.1 Å². The van der Waals surface area contributed by atoms with E-state index in [-0.39, 0.29) is 6.04 Å². The highest BCUT2D eigenvalue weighted by Gasteiger charge is 2.19. The number of rotatable bonds is 6. The van der Waals surface area contributed by atoms with E-state index in [2.05, 4.69) is 31.6 Å². The molecule has 0 radical (unpaired) electrons. The van der Waals surface area contributed by atoms with Crippen LogP contribution in [-0.2, 0) is 4.74 Å². The largest absolute Gasteiger partial charge is 0.383 e. The highest BCUT2D eigenvalue weighted by molar-refractivity contribution is 9.10. The number of nitrogens with zero attached hydrogens (tertiary/aromatic N) is 1. The molecule has 0 aliphatic heterocycles. The van der Waals surface area contributed by atoms with Gasteiger partial charge in [0.25, 0.3) is 0 Å². The van der Waals surface area contributed by atoms with Gasteiger partial charge in [-0.15, -0.1) is 11.3 Å². The molecule has 0 bridgehead atoms. The average molecular weight is 376 g/mol. The van der Waals surface area contributed by atoms with E-state index >= 15 is 0 Å². The molecule has 1 N–H and O–H groups in total. The molecule has 1 aromatic heterocycles. The molecule has 6 heteroatoms. The Morgan fingerprint density at radius 1 is 1.50 bits per heavy atom. The minimum Gasteiger partial charge on any atom is -0.383 e. The molecule has 0 amide bonds. The molecule has 1 atom stereocenters. The van der Waals surface area contributed by atoms with Crippen LogP contribution in [0.4, 0.5) is 0 Å². The molecular weight excluding hydrogens is 360 g/mol. The summed E-state index contributed by atoms with van der Waals surface area (Å²) in [6.45, 7) is 3.40. The molecule has 0 saturated carbocycles. The van der Waals surface area contributed by atoms with Crippen molar-refractivity contribution in [2.24, 2.45) is 0 Å². The van der Waals surface area contributed by atoms with E-state index in [0.29, 0.717) is 6.61 Å². The molecule has 2 rings (SSSR count). The first kappa shape index (κ1) is 15.9. The second kappa shape index (κ2) is 7.52. The van der Waals surface area contributed by atoms with Crippen molar-refractivity contribution in [2.45, 2.75) is 13.0 Å². The lowest BCUT2D eigenvalue weighted by Crippen LogP contribution is -2.26. The normalized spacial score (nSPS) is 12.6. The van der Waals surface area contributed by atoms with Crippen LogP contribution in [0.3, 0.4) is 0 Å². The highest BCUT2D eigenvalue weighted by atomic mass is 79.9. The van der Waals surface area contributed by atoms with Crippen LogP contribution in [0, 0.1) is 6.92 Å². The Hall–Kier alpha value is -0.460. The zero-order valence-electron chi connectivity index (χ0n) is 11.3. The first-order valence-corrected chi connectivity index (χ1v) is 8.26. The number of hydrogen-bond donors (Lipinski definition) is 1. The highest BCUT2D eigenvalue weighted by Crippen LogP contribution is 2.32. The quantitative estimate of drug-likeness (QED) is 0.769. The Labute approximate surface area is 136 Å². The molecule has 0 aliphatic carbocycles. The number of hydrogen-bond acceptors (Lipinski definition) is 4. The number of aryl methyl sites for hydroxylation is 1. The zero-order valence-corrected chi connectivity index (χ0v) is 14.5. The first-order chi connectivity index (χ1) is 9.61. The van der Waals surface area contributed by atoms with Gasteiger partial charge in [0, 0.05) is 34.2 Å². The van der Waals surface area contributed by atoms with Gasteiger partial charge in [-0.25, -0.2) is 4.98 Å². The van der Waals surface area contributed by atoms with E-state index in [0.717, 1.165) is 32.3 Å². The molecule has 0 fully saturated rings. The van der Waals surface area contributed by atoms with Gasteiger partial charge < -0.3 is 10.1 Å². The van der Waals surface area contributed by atoms with Gasteiger partial charge in [-0.2, -0.15) is 0 Å². The maximum Gasteiger partial charge on any atom is 0.114 e. The van der Waals surface area contributed by atoms with Crippen LogP contribution in [0.2, 0.25) is 5.02 Å². The summed E-state index contributed by atoms with van der Waals surface area (Å²) in [4.78, 5) is 4.59. The molecule has 2 aromatic rings. The van der Waals surface area contributed by atoms with Gasteiger partial charge in [-0.05, 0) is 30.7 Å². The fourth-order valence-corrected chi connectivity index (χ4v) is 3.42. The van der Waals surface area contributed by atoms with Crippen LogP contribution in [-0.4, -0.2) is 25.2 Å². The van der Waals surface area contributed by atoms with Gasteiger partial charge in [0.15, 0.2) is 0 Å². The number of nitrogens with one attached hydrogen (secondary N) is 1. The number of thiazole rings is 1. The van der Waals surface area contributed by atoms with Crippen molar-refractivity contribution in [1.29, 1.82) is 0 Å². The first-order valence-electron chi connectivity index (χ1n) is 6.21. The smallest absolute Gasteiger partial charge is 0.114 e. The van der Waals surface area contributed by atoms with E-state index in [1.165, 1.54) is 0 Å². The van der Waals surface area contributed by atoms with Crippen molar-refractivity contribution in [3.05, 3.63) is 49.3 Å². The molecule has 0 aliphatic rings. The van der Waals surface area contributed by atoms with Gasteiger partial charge in [0.05, 0.1) is 12.6 Å². The van der Waals surface area contributed by atoms with Gasteiger partial charge >= 0.3 is 0 Å². The maximum atomic E-state index is 6.12. The summed E-state index contributed by atoms with van der Waals surface area (Å²) in [7, 11) is 1.69. The molecule has 1 heterocycles. The van der Waals surface area contributed by atoms with Crippen LogP contribution >= 0.6 is 38.9 Å². The molecule has 20 heavy (non-hydrogen) atoms. The van der Waals surface area contributed by atoms with Crippen molar-refractivity contribution in [2.75, 3.05) is 20.3 Å². The summed E-state index contributed by atoms with van der Waals surface area (Å²) >= 11 is 11.4. The van der Waals surface area contributed by atoms with E-state index in [4.69, 9.17) is 16.3 Å². The lowest BCUT2D eigenvalue weighted by molar-refractivity contribution is 0.197. The predicted octanol–water partition coefficient (Wildman–Crippen LogP) is 4.19. The zero-order chi connectivity index (χ0) is 14.5. The van der Waals surface area contributed by atoms with Gasteiger partial charge in [-0.3, -0.25) is 0 Å². The number of ether oxygens (including phenoxy) is 1. The number of methoxy groups -OCH3 is 1. The Bertz CT molecular complexity index is 576. The van der Waals surface area contributed by atoms with Gasteiger partial charge in [0.1, 0.15) is 5.01 Å². The molecule has 108 valence electrons. The molecule has 0 spiro atoms. The minimum absolute atomic E-state index is 0.0110. The molecule has 1 unspecified atom stereocenters. The van der Waals surface area contributed by atoms with Crippen molar-refractivity contribution < 1.29 is 4.74 Å². The third-order valence-electron chi connectivity index (χ3n) is 2.81. The molecule has 1 aromatic carbocycles. The second-order valence-corrected chi connectivity index (χ2v) is 6.55. The van der Waals surface area contributed by atoms with Crippen LogP contribution in [0.1, 0.15) is 22.3 Å². The van der Waals surface area contributed by atoms with Gasteiger partial charge in [-0.1, -0.05) is 27.5 Å². The Morgan fingerprint density at radius 3 is 2.95 bits per heavy atom. The van der Waals surface area contributed by atoms with Gasteiger partial charge in [0.2, 0.25) is 0 Å². The predicted molar refractivity (Wildman–Crippen MR) is 87.7 cm³/mol. The molecule has 0 saturated heterocycles. The topological polar surface area (TPSA) is 34.1 Å². The van der Waals surface area contributed by atoms with Crippen molar-refractivity contribution in [1.82, 2.24) is 10.3 Å². The van der Waals surface area contributed by atoms with Crippen LogP contribution in [0.5, 0.6) is 0 Å². The SMILES string of the molecule is COCCNC(c1nc(C)cs1)c1cc(Cl)ccc1Br. The van der Waals surface area contributed by atoms with E-state index in [9.17, 15) is 0 Å². The van der Waals surface area contributed by atoms with Crippen LogP contribution < -0.4 is 5.32 Å². The Balaban J connectivity index is 2.32. The summed E-state index contributed by atoms with van der Waals surface area (Å²) < 4.78 is 6.12. The molecular formula is C14H16BrClN2OS. The average Bonchev–Trinajstić information content (AvgIpc) is 2.84. The number of aromatic nitrogens is 1. The Morgan fingerprint density at radius 2 is 2.30 bits per heavy atom. The summed E-state index contributed by atoms with van der Waals surface area (Å²) in [5.74, 6) is 0. The summed E-state index contributed by atoms with van der Waals surface area (Å²) in [6, 6.07) is 5.81. The fraction of sp³-hybridized carbons (Fsp3) is 0.357. The monoisotopic (exact) mass is 374 g/mol. The van der Waals surface area contributed by atoms with Crippen molar-refractivity contribution in [3.63, 3.8) is 0 Å². The second-order valence-electron chi connectivity index (χ2n) is 4.37. The Kier molecular flexibility index (Phi) is 5.99. The van der Waals surface area contributed by atoms with E-state index in [1.54, 1.807) is 18.4 Å². The third-order valence-corrected chi connectivity index (χ3v) is 4.79. The lowest BCUT2D eigenvalue weighted by atomic mass is 10.1. The lowest BCUT2D eigenvalue weighted by Gasteiger charge is -2.18. The van der Waals surface area contributed by atoms with E-state index < -0.39 is 0 Å². The third kappa shape index (κ3) is 4.02. The fourth-order valence-electron chi connectivity index (χ4n) is 1.88. The van der Waals surface area contributed by atoms with Crippen LogP contribution in [0.25, 0.3) is 0 Å². The van der Waals surface area contributed by atoms with Crippen molar-refractivity contribution in [3.8, 4) is 0 Å². The number of halogens is 2. The minimum atomic E-state index is 0.0110. The molecule has 3 nitrogen and oxygen atoms in total. The number of benzene rings is 1. The summed E-state index contributed by atoms with van der Waals surface area (Å²) in [6.07, 6.45) is 0. The summed E-state index contributed by atoms with van der Waals surface area (Å²) in [5, 5.41) is 7.27. The van der Waals surface area contributed by atoms with E-state index in [1.807, 2.05) is 25.1 Å². The van der Waals surface area contributed by atoms with Crippen molar-refractivity contribution >= 4 is 38.9 Å². The summed E-state index contributed by atoms with van der Waals surface area (Å²) in [5.41, 5.74) is 2.12. The standard InChI is InChI=1S/C14H16BrClN2OS/c1-9-8-20-14(18-9)13(17-5-6-19-2)11-7-10(16)3-4-12(11)15/h3-4,7-8,13,17H,5-6H2,1-2H3.